The standard InChI is InChI=1S/C15H23N3/c1-3-5-7-9-11-14-16-13-17-15(18-14)12-10-8-6-4-2/h3-6,13H,7-12H2,1-2H3. The first-order chi connectivity index (χ1) is 8.86. The summed E-state index contributed by atoms with van der Waals surface area (Å²) in [6.07, 6.45) is 16.4. The highest BCUT2D eigenvalue weighted by atomic mass is 15.0. The summed E-state index contributed by atoms with van der Waals surface area (Å²) >= 11 is 0. The van der Waals surface area contributed by atoms with E-state index in [4.69, 9.17) is 0 Å². The van der Waals surface area contributed by atoms with Crippen LogP contribution in [-0.4, -0.2) is 15.0 Å². The Bertz CT molecular complexity index is 350. The van der Waals surface area contributed by atoms with E-state index in [0.717, 1.165) is 50.2 Å². The number of nitrogens with zero attached hydrogens (tertiary/aromatic N) is 3. The molecule has 1 aromatic rings. The van der Waals surface area contributed by atoms with Crippen LogP contribution < -0.4 is 0 Å². The van der Waals surface area contributed by atoms with Gasteiger partial charge in [-0.1, -0.05) is 24.3 Å². The van der Waals surface area contributed by atoms with Gasteiger partial charge >= 0.3 is 0 Å². The fourth-order valence-electron chi connectivity index (χ4n) is 1.70. The number of allylic oxidation sites excluding steroid dienone is 4. The number of hydrogen-bond acceptors (Lipinski definition) is 3. The summed E-state index contributed by atoms with van der Waals surface area (Å²) in [4.78, 5) is 12.9. The molecular weight excluding hydrogens is 222 g/mol. The van der Waals surface area contributed by atoms with Crippen molar-refractivity contribution in [3.05, 3.63) is 42.3 Å². The van der Waals surface area contributed by atoms with Gasteiger partial charge in [0.05, 0.1) is 0 Å². The second-order valence-electron chi connectivity index (χ2n) is 4.24. The summed E-state index contributed by atoms with van der Waals surface area (Å²) in [5.41, 5.74) is 0. The minimum atomic E-state index is 0.926. The molecule has 0 saturated carbocycles. The van der Waals surface area contributed by atoms with E-state index >= 15 is 0 Å². The molecule has 0 aliphatic carbocycles. The third kappa shape index (κ3) is 6.28. The van der Waals surface area contributed by atoms with Gasteiger partial charge in [-0.3, -0.25) is 0 Å². The fraction of sp³-hybridized carbons (Fsp3) is 0.533. The molecule has 0 bridgehead atoms. The van der Waals surface area contributed by atoms with Gasteiger partial charge < -0.3 is 0 Å². The highest BCUT2D eigenvalue weighted by Crippen LogP contribution is 2.03. The van der Waals surface area contributed by atoms with Crippen LogP contribution >= 0.6 is 0 Å². The van der Waals surface area contributed by atoms with Crippen molar-refractivity contribution < 1.29 is 0 Å². The van der Waals surface area contributed by atoms with Gasteiger partial charge in [-0.15, -0.1) is 0 Å². The van der Waals surface area contributed by atoms with Crippen LogP contribution in [0.25, 0.3) is 0 Å². The summed E-state index contributed by atoms with van der Waals surface area (Å²) in [6.45, 7) is 4.09. The van der Waals surface area contributed by atoms with Gasteiger partial charge in [0.2, 0.25) is 0 Å². The molecule has 0 fully saturated rings. The molecule has 98 valence electrons. The minimum absolute atomic E-state index is 0.926. The first-order valence-electron chi connectivity index (χ1n) is 6.76. The second-order valence-corrected chi connectivity index (χ2v) is 4.24. The van der Waals surface area contributed by atoms with Crippen molar-refractivity contribution in [2.75, 3.05) is 0 Å². The Balaban J connectivity index is 2.36. The minimum Gasteiger partial charge on any atom is -0.221 e. The van der Waals surface area contributed by atoms with E-state index in [1.165, 1.54) is 0 Å². The number of aryl methyl sites for hydroxylation is 2. The molecule has 0 N–H and O–H groups in total. The molecule has 1 aromatic heterocycles. The average Bonchev–Trinajstić information content (AvgIpc) is 2.40. The molecule has 0 aliphatic heterocycles. The predicted molar refractivity (Wildman–Crippen MR) is 75.3 cm³/mol. The molecule has 0 aromatic carbocycles. The lowest BCUT2D eigenvalue weighted by Gasteiger charge is -2.01. The lowest BCUT2D eigenvalue weighted by atomic mass is 10.2. The third-order valence-electron chi connectivity index (χ3n) is 2.69. The molecule has 1 heterocycles. The molecule has 0 amide bonds. The van der Waals surface area contributed by atoms with Gasteiger partial charge in [-0.25, -0.2) is 15.0 Å². The Kier molecular flexibility index (Phi) is 7.69. The van der Waals surface area contributed by atoms with E-state index in [0.29, 0.717) is 0 Å². The second kappa shape index (κ2) is 9.51. The largest absolute Gasteiger partial charge is 0.221 e. The Morgan fingerprint density at radius 2 is 1.39 bits per heavy atom. The highest BCUT2D eigenvalue weighted by Gasteiger charge is 2.00. The molecule has 3 heteroatoms. The summed E-state index contributed by atoms with van der Waals surface area (Å²) in [7, 11) is 0. The zero-order valence-electron chi connectivity index (χ0n) is 11.5. The third-order valence-corrected chi connectivity index (χ3v) is 2.69. The zero-order chi connectivity index (χ0) is 13.1. The van der Waals surface area contributed by atoms with E-state index in [-0.39, 0.29) is 0 Å². The lowest BCUT2D eigenvalue weighted by molar-refractivity contribution is 0.721. The van der Waals surface area contributed by atoms with Crippen molar-refractivity contribution in [1.29, 1.82) is 0 Å². The van der Waals surface area contributed by atoms with Gasteiger partial charge in [-0.2, -0.15) is 0 Å². The molecule has 1 rings (SSSR count). The van der Waals surface area contributed by atoms with E-state index in [2.05, 4.69) is 39.3 Å². The zero-order valence-corrected chi connectivity index (χ0v) is 11.5. The van der Waals surface area contributed by atoms with Gasteiger partial charge in [0, 0.05) is 12.8 Å². The predicted octanol–water partition coefficient (Wildman–Crippen LogP) is 3.67. The van der Waals surface area contributed by atoms with Gasteiger partial charge in [0.25, 0.3) is 0 Å². The van der Waals surface area contributed by atoms with Crippen LogP contribution in [0.1, 0.15) is 51.2 Å². The molecule has 0 radical (unpaired) electrons. The normalized spacial score (nSPS) is 11.7. The van der Waals surface area contributed by atoms with Crippen molar-refractivity contribution in [3.8, 4) is 0 Å². The molecule has 3 nitrogen and oxygen atoms in total. The van der Waals surface area contributed by atoms with E-state index in [1.54, 1.807) is 6.33 Å². The Labute approximate surface area is 110 Å². The monoisotopic (exact) mass is 245 g/mol. The van der Waals surface area contributed by atoms with Crippen LogP contribution in [0.2, 0.25) is 0 Å². The van der Waals surface area contributed by atoms with Gasteiger partial charge in [-0.05, 0) is 39.5 Å². The van der Waals surface area contributed by atoms with E-state index < -0.39 is 0 Å². The van der Waals surface area contributed by atoms with E-state index in [9.17, 15) is 0 Å². The molecule has 0 aliphatic rings. The van der Waals surface area contributed by atoms with Gasteiger partial charge in [0.15, 0.2) is 0 Å². The van der Waals surface area contributed by atoms with Crippen molar-refractivity contribution in [2.24, 2.45) is 0 Å². The lowest BCUT2D eigenvalue weighted by Crippen LogP contribution is -2.02. The maximum Gasteiger partial charge on any atom is 0.132 e. The molecular formula is C15H23N3. The summed E-state index contributed by atoms with van der Waals surface area (Å²) in [5, 5.41) is 0. The smallest absolute Gasteiger partial charge is 0.132 e. The van der Waals surface area contributed by atoms with Crippen molar-refractivity contribution >= 4 is 0 Å². The molecule has 0 atom stereocenters. The molecule has 0 unspecified atom stereocenters. The van der Waals surface area contributed by atoms with Crippen LogP contribution in [0.5, 0.6) is 0 Å². The highest BCUT2D eigenvalue weighted by molar-refractivity contribution is 4.92. The van der Waals surface area contributed by atoms with Crippen LogP contribution in [0.4, 0.5) is 0 Å². The van der Waals surface area contributed by atoms with Crippen molar-refractivity contribution in [3.63, 3.8) is 0 Å². The number of unbranched alkanes of at least 4 members (excludes halogenated alkanes) is 2. The van der Waals surface area contributed by atoms with Gasteiger partial charge in [0.1, 0.15) is 18.0 Å². The van der Waals surface area contributed by atoms with Crippen molar-refractivity contribution in [2.45, 2.75) is 52.4 Å². The topological polar surface area (TPSA) is 38.7 Å². The van der Waals surface area contributed by atoms with E-state index in [1.807, 2.05) is 13.8 Å². The maximum absolute atomic E-state index is 4.50. The molecule has 0 spiro atoms. The summed E-state index contributed by atoms with van der Waals surface area (Å²) in [5.74, 6) is 1.85. The average molecular weight is 245 g/mol. The summed E-state index contributed by atoms with van der Waals surface area (Å²) < 4.78 is 0. The van der Waals surface area contributed by atoms with Crippen LogP contribution in [0, 0.1) is 0 Å². The molecule has 18 heavy (non-hydrogen) atoms. The fourth-order valence-corrected chi connectivity index (χ4v) is 1.70. The molecule has 0 saturated heterocycles. The Hall–Kier alpha value is -1.51. The Morgan fingerprint density at radius 1 is 0.889 bits per heavy atom. The van der Waals surface area contributed by atoms with Crippen molar-refractivity contribution in [1.82, 2.24) is 15.0 Å². The Morgan fingerprint density at radius 3 is 1.83 bits per heavy atom. The first kappa shape index (κ1) is 14.6. The number of hydrogen-bond donors (Lipinski definition) is 0. The van der Waals surface area contributed by atoms with Crippen LogP contribution in [0.3, 0.4) is 0 Å². The SMILES string of the molecule is CC=CCCCc1ncnc(CCCC=CC)n1. The number of rotatable bonds is 8. The maximum atomic E-state index is 4.50. The van der Waals surface area contributed by atoms with Crippen LogP contribution in [-0.2, 0) is 12.8 Å². The first-order valence-corrected chi connectivity index (χ1v) is 6.76. The number of aromatic nitrogens is 3. The summed E-state index contributed by atoms with van der Waals surface area (Å²) in [6, 6.07) is 0. The van der Waals surface area contributed by atoms with Crippen LogP contribution in [0.15, 0.2) is 30.6 Å². The quantitative estimate of drug-likeness (QED) is 0.518.